The highest BCUT2D eigenvalue weighted by molar-refractivity contribution is 7.80. The van der Waals surface area contributed by atoms with Crippen LogP contribution in [0.15, 0.2) is 48.2 Å². The molecule has 0 unspecified atom stereocenters. The molecule has 1 saturated heterocycles. The number of nitrogens with zero attached hydrogens (tertiary/aromatic N) is 2. The minimum atomic E-state index is -0.527. The third-order valence-corrected chi connectivity index (χ3v) is 5.10. The van der Waals surface area contributed by atoms with Crippen molar-refractivity contribution in [1.82, 2.24) is 4.90 Å². The van der Waals surface area contributed by atoms with Gasteiger partial charge in [-0.15, -0.1) is 0 Å². The highest BCUT2D eigenvalue weighted by Crippen LogP contribution is 2.32. The van der Waals surface area contributed by atoms with Gasteiger partial charge >= 0.3 is 5.97 Å². The number of ether oxygens (including phenoxy) is 3. The fourth-order valence-corrected chi connectivity index (χ4v) is 3.42. The van der Waals surface area contributed by atoms with Crippen molar-refractivity contribution in [3.63, 3.8) is 0 Å². The minimum absolute atomic E-state index is 0.166. The molecule has 156 valence electrons. The van der Waals surface area contributed by atoms with Gasteiger partial charge in [-0.05, 0) is 60.3 Å². The number of hydrogen-bond acceptors (Lipinski definition) is 6. The average molecular weight is 447 g/mol. The van der Waals surface area contributed by atoms with Crippen LogP contribution >= 0.6 is 23.8 Å². The fraction of sp³-hybridized carbons (Fsp3) is 0.190. The van der Waals surface area contributed by atoms with Crippen LogP contribution in [0.4, 0.5) is 5.69 Å². The molecule has 1 aliphatic rings. The Morgan fingerprint density at radius 1 is 1.07 bits per heavy atom. The summed E-state index contributed by atoms with van der Waals surface area (Å²) in [5, 5.41) is 0.697. The van der Waals surface area contributed by atoms with Gasteiger partial charge < -0.3 is 19.1 Å². The molecule has 2 aromatic carbocycles. The third kappa shape index (κ3) is 4.24. The monoisotopic (exact) mass is 446 g/mol. The Balaban J connectivity index is 2.06. The molecule has 30 heavy (non-hydrogen) atoms. The van der Waals surface area contributed by atoms with E-state index < -0.39 is 5.97 Å². The standard InChI is InChI=1S/C21H19ClN2O5S/c1-27-17-9-4-13(11-18(17)28-2)10-16-20(26)24(15-7-5-14(22)6-8-15)21(30)23(16)12-19(25)29-3/h4-11H,12H2,1-3H3/b16-10-. The van der Waals surface area contributed by atoms with Crippen molar-refractivity contribution in [3.05, 3.63) is 58.7 Å². The second-order valence-corrected chi connectivity index (χ2v) is 7.01. The van der Waals surface area contributed by atoms with Crippen LogP contribution in [0.5, 0.6) is 11.5 Å². The lowest BCUT2D eigenvalue weighted by Gasteiger charge is -2.19. The Morgan fingerprint density at radius 2 is 1.73 bits per heavy atom. The van der Waals surface area contributed by atoms with Gasteiger partial charge in [0.1, 0.15) is 12.2 Å². The largest absolute Gasteiger partial charge is 0.493 e. The van der Waals surface area contributed by atoms with Crippen molar-refractivity contribution < 1.29 is 23.8 Å². The van der Waals surface area contributed by atoms with E-state index in [1.807, 2.05) is 0 Å². The predicted octanol–water partition coefficient (Wildman–Crippen LogP) is 3.50. The number of hydrogen-bond donors (Lipinski definition) is 0. The molecule has 3 rings (SSSR count). The molecule has 1 fully saturated rings. The van der Waals surface area contributed by atoms with E-state index in [0.29, 0.717) is 27.8 Å². The molecule has 0 aromatic heterocycles. The van der Waals surface area contributed by atoms with Crippen LogP contribution in [0, 0.1) is 0 Å². The third-order valence-electron chi connectivity index (χ3n) is 4.45. The summed E-state index contributed by atoms with van der Waals surface area (Å²) in [6.07, 6.45) is 1.63. The maximum Gasteiger partial charge on any atom is 0.325 e. The van der Waals surface area contributed by atoms with Gasteiger partial charge in [0.05, 0.1) is 27.0 Å². The van der Waals surface area contributed by atoms with Crippen LogP contribution in [-0.2, 0) is 14.3 Å². The van der Waals surface area contributed by atoms with E-state index in [9.17, 15) is 9.59 Å². The summed E-state index contributed by atoms with van der Waals surface area (Å²) in [5.74, 6) is 0.165. The molecule has 0 radical (unpaired) electrons. The van der Waals surface area contributed by atoms with E-state index in [1.54, 1.807) is 48.5 Å². The SMILES string of the molecule is COC(=O)CN1C(=S)N(c2ccc(Cl)cc2)C(=O)/C1=C/c1ccc(OC)c(OC)c1. The number of carbonyl (C=O) groups excluding carboxylic acids is 2. The number of rotatable bonds is 6. The average Bonchev–Trinajstić information content (AvgIpc) is 2.98. The number of amides is 1. The van der Waals surface area contributed by atoms with Gasteiger partial charge in [-0.3, -0.25) is 14.5 Å². The first-order chi connectivity index (χ1) is 14.4. The van der Waals surface area contributed by atoms with Gasteiger partial charge in [0.15, 0.2) is 16.6 Å². The molecular weight excluding hydrogens is 428 g/mol. The number of methoxy groups -OCH3 is 3. The zero-order chi connectivity index (χ0) is 21.8. The molecule has 9 heteroatoms. The molecule has 1 heterocycles. The summed E-state index contributed by atoms with van der Waals surface area (Å²) in [4.78, 5) is 28.0. The fourth-order valence-electron chi connectivity index (χ4n) is 2.95. The molecule has 0 atom stereocenters. The first-order valence-electron chi connectivity index (χ1n) is 8.81. The van der Waals surface area contributed by atoms with E-state index in [1.165, 1.54) is 31.1 Å². The van der Waals surface area contributed by atoms with Crippen LogP contribution in [0.1, 0.15) is 5.56 Å². The first-order valence-corrected chi connectivity index (χ1v) is 9.60. The second kappa shape index (κ2) is 9.15. The Hall–Kier alpha value is -3.10. The number of anilines is 1. The van der Waals surface area contributed by atoms with Crippen LogP contribution in [0.25, 0.3) is 6.08 Å². The summed E-state index contributed by atoms with van der Waals surface area (Å²) in [5.41, 5.74) is 1.44. The molecule has 7 nitrogen and oxygen atoms in total. The quantitative estimate of drug-likeness (QED) is 0.382. The topological polar surface area (TPSA) is 68.3 Å². The van der Waals surface area contributed by atoms with Gasteiger partial charge in [-0.1, -0.05) is 17.7 Å². The van der Waals surface area contributed by atoms with Crippen molar-refractivity contribution in [2.75, 3.05) is 32.8 Å². The van der Waals surface area contributed by atoms with Gasteiger partial charge in [0, 0.05) is 5.02 Å². The molecule has 1 aliphatic heterocycles. The molecule has 0 aliphatic carbocycles. The van der Waals surface area contributed by atoms with Crippen LogP contribution in [0.3, 0.4) is 0 Å². The highest BCUT2D eigenvalue weighted by Gasteiger charge is 2.40. The lowest BCUT2D eigenvalue weighted by atomic mass is 10.1. The molecule has 0 saturated carbocycles. The van der Waals surface area contributed by atoms with E-state index in [0.717, 1.165) is 0 Å². The zero-order valence-corrected chi connectivity index (χ0v) is 18.1. The summed E-state index contributed by atoms with van der Waals surface area (Å²) in [7, 11) is 4.34. The van der Waals surface area contributed by atoms with E-state index in [2.05, 4.69) is 0 Å². The van der Waals surface area contributed by atoms with Crippen LogP contribution in [0.2, 0.25) is 5.02 Å². The number of esters is 1. The van der Waals surface area contributed by atoms with E-state index >= 15 is 0 Å². The number of carbonyl (C=O) groups is 2. The van der Waals surface area contributed by atoms with Crippen molar-refractivity contribution in [3.8, 4) is 11.5 Å². The molecule has 2 aromatic rings. The lowest BCUT2D eigenvalue weighted by Crippen LogP contribution is -2.35. The van der Waals surface area contributed by atoms with Gasteiger partial charge in [-0.25, -0.2) is 0 Å². The van der Waals surface area contributed by atoms with Gasteiger partial charge in [0.25, 0.3) is 5.91 Å². The summed E-state index contributed by atoms with van der Waals surface area (Å²) < 4.78 is 15.3. The zero-order valence-electron chi connectivity index (χ0n) is 16.5. The number of halogens is 1. The van der Waals surface area contributed by atoms with Crippen LogP contribution < -0.4 is 14.4 Å². The Kier molecular flexibility index (Phi) is 6.59. The Morgan fingerprint density at radius 3 is 2.33 bits per heavy atom. The summed E-state index contributed by atoms with van der Waals surface area (Å²) in [6.45, 7) is -0.204. The molecule has 0 N–H and O–H groups in total. The van der Waals surface area contributed by atoms with Gasteiger partial charge in [0.2, 0.25) is 0 Å². The van der Waals surface area contributed by atoms with Crippen molar-refractivity contribution in [2.45, 2.75) is 0 Å². The molecule has 1 amide bonds. The van der Waals surface area contributed by atoms with Crippen molar-refractivity contribution in [2.24, 2.45) is 0 Å². The normalized spacial score (nSPS) is 15.0. The Bertz CT molecular complexity index is 1020. The Labute approximate surface area is 184 Å². The predicted molar refractivity (Wildman–Crippen MR) is 118 cm³/mol. The maximum atomic E-state index is 13.3. The molecule has 0 bridgehead atoms. The number of benzene rings is 2. The first kappa shape index (κ1) is 21.6. The maximum absolute atomic E-state index is 13.3. The highest BCUT2D eigenvalue weighted by atomic mass is 35.5. The van der Waals surface area contributed by atoms with E-state index in [-0.39, 0.29) is 23.3 Å². The smallest absolute Gasteiger partial charge is 0.325 e. The van der Waals surface area contributed by atoms with Gasteiger partial charge in [-0.2, -0.15) is 0 Å². The molecule has 0 spiro atoms. The van der Waals surface area contributed by atoms with Crippen molar-refractivity contribution in [1.29, 1.82) is 0 Å². The molecular formula is C21H19ClN2O5S. The summed E-state index contributed by atoms with van der Waals surface area (Å²) >= 11 is 11.5. The number of thiocarbonyl (C=S) groups is 1. The second-order valence-electron chi connectivity index (χ2n) is 6.21. The van der Waals surface area contributed by atoms with Crippen LogP contribution in [-0.4, -0.2) is 49.8 Å². The summed E-state index contributed by atoms with van der Waals surface area (Å²) in [6, 6.07) is 11.9. The van der Waals surface area contributed by atoms with Crippen molar-refractivity contribution >= 4 is 52.6 Å². The lowest BCUT2D eigenvalue weighted by molar-refractivity contribution is -0.140. The minimum Gasteiger partial charge on any atom is -0.493 e. The van der Waals surface area contributed by atoms with E-state index in [4.69, 9.17) is 38.0 Å².